The lowest BCUT2D eigenvalue weighted by Gasteiger charge is -2.18. The third-order valence-corrected chi connectivity index (χ3v) is 8.16. The molecule has 0 aliphatic heterocycles. The van der Waals surface area contributed by atoms with Gasteiger partial charge in [-0.1, -0.05) is 26.0 Å². The summed E-state index contributed by atoms with van der Waals surface area (Å²) in [5.41, 5.74) is 10.4. The molecule has 8 nitrogen and oxygen atoms in total. The van der Waals surface area contributed by atoms with Crippen LogP contribution in [0, 0.1) is 0 Å². The SMILES string of the molecule is CCc1c(NC(=O)c2ccc(C(=O)Nc3cc(-c4cccs4)ccc3N)cc2)ccc(P(=O)(O)O)c1CC. The van der Waals surface area contributed by atoms with E-state index in [9.17, 15) is 23.9 Å². The van der Waals surface area contributed by atoms with Crippen molar-refractivity contribution in [3.05, 3.63) is 94.4 Å². The quantitative estimate of drug-likeness (QED) is 0.147. The highest BCUT2D eigenvalue weighted by Gasteiger charge is 2.24. The molecule has 4 aromatic rings. The monoisotopic (exact) mass is 549 g/mol. The fraction of sp³-hybridized carbons (Fsp3) is 0.143. The van der Waals surface area contributed by atoms with Gasteiger partial charge in [-0.3, -0.25) is 14.2 Å². The summed E-state index contributed by atoms with van der Waals surface area (Å²) < 4.78 is 11.9. The zero-order chi connectivity index (χ0) is 27.4. The van der Waals surface area contributed by atoms with Gasteiger partial charge in [0.1, 0.15) is 0 Å². The van der Waals surface area contributed by atoms with Crippen LogP contribution in [0.25, 0.3) is 10.4 Å². The molecular weight excluding hydrogens is 521 g/mol. The number of thiophene rings is 1. The molecule has 6 N–H and O–H groups in total. The smallest absolute Gasteiger partial charge is 0.356 e. The van der Waals surface area contributed by atoms with E-state index in [1.807, 2.05) is 43.5 Å². The number of anilines is 3. The van der Waals surface area contributed by atoms with Crippen LogP contribution in [0.4, 0.5) is 17.1 Å². The molecule has 0 unspecified atom stereocenters. The molecule has 2 amide bonds. The third kappa shape index (κ3) is 5.87. The van der Waals surface area contributed by atoms with Gasteiger partial charge in [0, 0.05) is 21.7 Å². The zero-order valence-corrected chi connectivity index (χ0v) is 22.6. The van der Waals surface area contributed by atoms with E-state index in [0.29, 0.717) is 52.2 Å². The number of amides is 2. The second-order valence-electron chi connectivity index (χ2n) is 8.61. The Morgan fingerprint density at radius 1 is 0.842 bits per heavy atom. The molecule has 0 aliphatic rings. The van der Waals surface area contributed by atoms with E-state index >= 15 is 0 Å². The van der Waals surface area contributed by atoms with E-state index in [1.165, 1.54) is 12.1 Å². The van der Waals surface area contributed by atoms with Gasteiger partial charge in [0.05, 0.1) is 16.7 Å². The summed E-state index contributed by atoms with van der Waals surface area (Å²) in [7, 11) is -4.44. The zero-order valence-electron chi connectivity index (χ0n) is 20.9. The number of nitrogen functional groups attached to an aromatic ring is 1. The molecule has 0 saturated heterocycles. The Balaban J connectivity index is 1.50. The number of rotatable bonds is 8. The predicted molar refractivity (Wildman–Crippen MR) is 153 cm³/mol. The fourth-order valence-corrected chi connectivity index (χ4v) is 5.93. The molecular formula is C28H28N3O5PS. The second-order valence-corrected chi connectivity index (χ2v) is 11.1. The van der Waals surface area contributed by atoms with Crippen LogP contribution < -0.4 is 21.7 Å². The van der Waals surface area contributed by atoms with Gasteiger partial charge in [0.25, 0.3) is 11.8 Å². The van der Waals surface area contributed by atoms with Crippen LogP contribution in [-0.4, -0.2) is 21.6 Å². The van der Waals surface area contributed by atoms with Gasteiger partial charge in [-0.05, 0) is 89.5 Å². The van der Waals surface area contributed by atoms with Crippen molar-refractivity contribution in [3.8, 4) is 10.4 Å². The minimum Gasteiger partial charge on any atom is -0.397 e. The maximum atomic E-state index is 12.9. The normalized spacial score (nSPS) is 11.3. The largest absolute Gasteiger partial charge is 0.397 e. The average molecular weight is 550 g/mol. The van der Waals surface area contributed by atoms with Gasteiger partial charge in [0.2, 0.25) is 0 Å². The molecule has 0 radical (unpaired) electrons. The molecule has 196 valence electrons. The van der Waals surface area contributed by atoms with Crippen molar-refractivity contribution < 1.29 is 23.9 Å². The highest BCUT2D eigenvalue weighted by Crippen LogP contribution is 2.37. The lowest BCUT2D eigenvalue weighted by atomic mass is 10.0. The highest BCUT2D eigenvalue weighted by molar-refractivity contribution is 7.60. The van der Waals surface area contributed by atoms with Crippen molar-refractivity contribution in [1.29, 1.82) is 0 Å². The van der Waals surface area contributed by atoms with Crippen molar-refractivity contribution in [2.75, 3.05) is 16.4 Å². The Morgan fingerprint density at radius 2 is 1.45 bits per heavy atom. The van der Waals surface area contributed by atoms with Crippen molar-refractivity contribution in [2.45, 2.75) is 26.7 Å². The van der Waals surface area contributed by atoms with Gasteiger partial charge >= 0.3 is 7.60 Å². The Morgan fingerprint density at radius 3 is 1.97 bits per heavy atom. The number of nitrogens with two attached hydrogens (primary N) is 1. The van der Waals surface area contributed by atoms with Gasteiger partial charge in [-0.2, -0.15) is 0 Å². The molecule has 1 heterocycles. The van der Waals surface area contributed by atoms with Gasteiger partial charge in [-0.25, -0.2) is 0 Å². The molecule has 0 atom stereocenters. The summed E-state index contributed by atoms with van der Waals surface area (Å²) >= 11 is 1.59. The highest BCUT2D eigenvalue weighted by atomic mass is 32.1. The molecule has 0 aliphatic carbocycles. The van der Waals surface area contributed by atoms with Crippen LogP contribution in [0.15, 0.2) is 72.1 Å². The maximum Gasteiger partial charge on any atom is 0.356 e. The first-order chi connectivity index (χ1) is 18.1. The van der Waals surface area contributed by atoms with E-state index < -0.39 is 13.5 Å². The molecule has 0 fully saturated rings. The molecule has 3 aromatic carbocycles. The molecule has 1 aromatic heterocycles. The van der Waals surface area contributed by atoms with Crippen LogP contribution in [0.1, 0.15) is 45.7 Å². The van der Waals surface area contributed by atoms with Crippen molar-refractivity contribution in [2.24, 2.45) is 0 Å². The summed E-state index contributed by atoms with van der Waals surface area (Å²) in [4.78, 5) is 46.3. The van der Waals surface area contributed by atoms with Gasteiger partial charge in [-0.15, -0.1) is 11.3 Å². The maximum absolute atomic E-state index is 12.9. The summed E-state index contributed by atoms with van der Waals surface area (Å²) in [5, 5.41) is 7.63. The molecule has 4 rings (SSSR count). The van der Waals surface area contributed by atoms with Crippen LogP contribution in [0.2, 0.25) is 0 Å². The number of nitrogens with one attached hydrogen (secondary N) is 2. The van der Waals surface area contributed by atoms with Crippen LogP contribution in [0.3, 0.4) is 0 Å². The van der Waals surface area contributed by atoms with Crippen molar-refractivity contribution >= 4 is 53.1 Å². The summed E-state index contributed by atoms with van der Waals surface area (Å²) in [6.45, 7) is 3.68. The number of hydrogen-bond donors (Lipinski definition) is 5. The van der Waals surface area contributed by atoms with Gasteiger partial charge < -0.3 is 26.2 Å². The van der Waals surface area contributed by atoms with E-state index in [0.717, 1.165) is 10.4 Å². The third-order valence-electron chi connectivity index (χ3n) is 6.19. The molecule has 0 bridgehead atoms. The first-order valence-electron chi connectivity index (χ1n) is 12.0. The van der Waals surface area contributed by atoms with E-state index in [1.54, 1.807) is 41.7 Å². The van der Waals surface area contributed by atoms with Crippen molar-refractivity contribution in [1.82, 2.24) is 0 Å². The van der Waals surface area contributed by atoms with Gasteiger partial charge in [0.15, 0.2) is 0 Å². The van der Waals surface area contributed by atoms with E-state index in [4.69, 9.17) is 5.73 Å². The molecule has 0 spiro atoms. The summed E-state index contributed by atoms with van der Waals surface area (Å²) in [6.07, 6.45) is 0.903. The van der Waals surface area contributed by atoms with E-state index in [2.05, 4.69) is 10.6 Å². The summed E-state index contributed by atoms with van der Waals surface area (Å²) in [6, 6.07) is 18.5. The minimum atomic E-state index is -4.44. The van der Waals surface area contributed by atoms with E-state index in [-0.39, 0.29) is 11.2 Å². The number of carbonyl (C=O) groups is 2. The van der Waals surface area contributed by atoms with Crippen molar-refractivity contribution in [3.63, 3.8) is 0 Å². The number of carbonyl (C=O) groups excluding carboxylic acids is 2. The molecule has 0 saturated carbocycles. The first-order valence-corrected chi connectivity index (χ1v) is 14.5. The molecule has 38 heavy (non-hydrogen) atoms. The Hall–Kier alpha value is -3.75. The predicted octanol–water partition coefficient (Wildman–Crippen LogP) is 5.43. The standard InChI is InChI=1S/C28H28N3O5PS/c1-3-20-21(4-2)25(37(34,35)36)14-13-23(20)30-27(32)17-7-9-18(10-8-17)28(33)31-24-16-19(11-12-22(24)29)26-6-5-15-38-26/h5-16H,3-4,29H2,1-2H3,(H,30,32)(H,31,33)(H2,34,35,36). The van der Waals surface area contributed by atoms with Crippen LogP contribution >= 0.6 is 18.9 Å². The summed E-state index contributed by atoms with van der Waals surface area (Å²) in [5.74, 6) is -0.758. The Labute approximate surface area is 224 Å². The number of hydrogen-bond acceptors (Lipinski definition) is 5. The lowest BCUT2D eigenvalue weighted by molar-refractivity contribution is 0.101. The Bertz CT molecular complexity index is 1530. The fourth-order valence-electron chi connectivity index (χ4n) is 4.29. The second kappa shape index (κ2) is 11.3. The molecule has 10 heteroatoms. The average Bonchev–Trinajstić information content (AvgIpc) is 3.44. The van der Waals surface area contributed by atoms with Crippen LogP contribution in [-0.2, 0) is 17.4 Å². The lowest BCUT2D eigenvalue weighted by Crippen LogP contribution is -2.19. The number of benzene rings is 3. The topological polar surface area (TPSA) is 142 Å². The first kappa shape index (κ1) is 27.3. The Kier molecular flexibility index (Phi) is 8.14. The minimum absolute atomic E-state index is 0.0215. The van der Waals surface area contributed by atoms with Crippen LogP contribution in [0.5, 0.6) is 0 Å².